The van der Waals surface area contributed by atoms with E-state index >= 15 is 0 Å². The molecule has 112 valence electrons. The van der Waals surface area contributed by atoms with Crippen LogP contribution in [0.25, 0.3) is 0 Å². The van der Waals surface area contributed by atoms with Crippen LogP contribution in [-0.4, -0.2) is 36.2 Å². The molecule has 0 bridgehead atoms. The molecule has 0 aromatic heterocycles. The van der Waals surface area contributed by atoms with Crippen LogP contribution in [0.3, 0.4) is 0 Å². The standard InChI is InChI=1S/C17H28N2O/c1-13(2)19-11-9-15(10-12-19)18-16-7-5-6-8-17(16)20-14(3)4/h5-8,13-15,18H,9-12H2,1-4H3. The molecule has 1 aliphatic heterocycles. The maximum absolute atomic E-state index is 5.87. The van der Waals surface area contributed by atoms with Crippen molar-refractivity contribution in [2.24, 2.45) is 0 Å². The summed E-state index contributed by atoms with van der Waals surface area (Å²) in [7, 11) is 0. The highest BCUT2D eigenvalue weighted by atomic mass is 16.5. The molecule has 0 atom stereocenters. The Hall–Kier alpha value is -1.22. The lowest BCUT2D eigenvalue weighted by atomic mass is 10.0. The van der Waals surface area contributed by atoms with Crippen molar-refractivity contribution < 1.29 is 4.74 Å². The maximum Gasteiger partial charge on any atom is 0.142 e. The van der Waals surface area contributed by atoms with Gasteiger partial charge in [-0.3, -0.25) is 0 Å². The quantitative estimate of drug-likeness (QED) is 0.886. The van der Waals surface area contributed by atoms with Gasteiger partial charge in [0.2, 0.25) is 0 Å². The number of anilines is 1. The largest absolute Gasteiger partial charge is 0.489 e. The van der Waals surface area contributed by atoms with E-state index in [4.69, 9.17) is 4.74 Å². The van der Waals surface area contributed by atoms with Crippen LogP contribution in [0, 0.1) is 0 Å². The Bertz CT molecular complexity index is 409. The van der Waals surface area contributed by atoms with Crippen molar-refractivity contribution >= 4 is 5.69 Å². The SMILES string of the molecule is CC(C)Oc1ccccc1NC1CCN(C(C)C)CC1. The zero-order valence-corrected chi connectivity index (χ0v) is 13.2. The number of nitrogens with zero attached hydrogens (tertiary/aromatic N) is 1. The molecule has 2 rings (SSSR count). The van der Waals surface area contributed by atoms with Crippen molar-refractivity contribution in [1.82, 2.24) is 4.90 Å². The highest BCUT2D eigenvalue weighted by molar-refractivity contribution is 5.56. The summed E-state index contributed by atoms with van der Waals surface area (Å²) in [4.78, 5) is 2.55. The Balaban J connectivity index is 1.94. The Labute approximate surface area is 123 Å². The van der Waals surface area contributed by atoms with E-state index in [0.29, 0.717) is 12.1 Å². The van der Waals surface area contributed by atoms with Crippen molar-refractivity contribution in [1.29, 1.82) is 0 Å². The summed E-state index contributed by atoms with van der Waals surface area (Å²) in [6.07, 6.45) is 2.61. The molecule has 0 aliphatic carbocycles. The van der Waals surface area contributed by atoms with Crippen molar-refractivity contribution in [3.63, 3.8) is 0 Å². The highest BCUT2D eigenvalue weighted by Crippen LogP contribution is 2.27. The monoisotopic (exact) mass is 276 g/mol. The Morgan fingerprint density at radius 3 is 2.35 bits per heavy atom. The first kappa shape index (κ1) is 15.2. The fourth-order valence-electron chi connectivity index (χ4n) is 2.72. The number of likely N-dealkylation sites (tertiary alicyclic amines) is 1. The molecule has 1 aromatic carbocycles. The Morgan fingerprint density at radius 2 is 1.75 bits per heavy atom. The minimum absolute atomic E-state index is 0.209. The van der Waals surface area contributed by atoms with Gasteiger partial charge in [0.1, 0.15) is 5.75 Å². The maximum atomic E-state index is 5.87. The van der Waals surface area contributed by atoms with Gasteiger partial charge in [0.25, 0.3) is 0 Å². The third-order valence-corrected chi connectivity index (χ3v) is 3.87. The van der Waals surface area contributed by atoms with Crippen LogP contribution in [0.5, 0.6) is 5.75 Å². The first-order valence-corrected chi connectivity index (χ1v) is 7.82. The first-order chi connectivity index (χ1) is 9.56. The molecule has 0 unspecified atom stereocenters. The van der Waals surface area contributed by atoms with E-state index in [9.17, 15) is 0 Å². The summed E-state index contributed by atoms with van der Waals surface area (Å²) in [5.41, 5.74) is 1.13. The summed E-state index contributed by atoms with van der Waals surface area (Å²) in [5.74, 6) is 0.966. The number of benzene rings is 1. The van der Waals surface area contributed by atoms with Gasteiger partial charge in [-0.25, -0.2) is 0 Å². The van der Waals surface area contributed by atoms with Crippen molar-refractivity contribution in [3.05, 3.63) is 24.3 Å². The van der Waals surface area contributed by atoms with Crippen LogP contribution in [0.4, 0.5) is 5.69 Å². The molecular formula is C17H28N2O. The topological polar surface area (TPSA) is 24.5 Å². The normalized spacial score (nSPS) is 17.7. The Kier molecular flexibility index (Phi) is 5.30. The minimum atomic E-state index is 0.209. The van der Waals surface area contributed by atoms with Crippen molar-refractivity contribution in [2.75, 3.05) is 18.4 Å². The smallest absolute Gasteiger partial charge is 0.142 e. The van der Waals surface area contributed by atoms with E-state index in [1.54, 1.807) is 0 Å². The lowest BCUT2D eigenvalue weighted by molar-refractivity contribution is 0.177. The van der Waals surface area contributed by atoms with Gasteiger partial charge < -0.3 is 15.0 Å². The number of hydrogen-bond donors (Lipinski definition) is 1. The summed E-state index contributed by atoms with van der Waals surface area (Å²) in [6, 6.07) is 9.48. The fourth-order valence-corrected chi connectivity index (χ4v) is 2.72. The average Bonchev–Trinajstić information content (AvgIpc) is 2.41. The van der Waals surface area contributed by atoms with Gasteiger partial charge in [-0.05, 0) is 52.7 Å². The van der Waals surface area contributed by atoms with Gasteiger partial charge in [0.05, 0.1) is 11.8 Å². The van der Waals surface area contributed by atoms with Crippen LogP contribution in [0.1, 0.15) is 40.5 Å². The van der Waals surface area contributed by atoms with Gasteiger partial charge in [-0.1, -0.05) is 12.1 Å². The third kappa shape index (κ3) is 4.14. The fraction of sp³-hybridized carbons (Fsp3) is 0.647. The van der Waals surface area contributed by atoms with E-state index in [2.05, 4.69) is 50.0 Å². The van der Waals surface area contributed by atoms with E-state index in [-0.39, 0.29) is 6.10 Å². The third-order valence-electron chi connectivity index (χ3n) is 3.87. The lowest BCUT2D eigenvalue weighted by Crippen LogP contribution is -2.42. The molecule has 1 saturated heterocycles. The number of hydrogen-bond acceptors (Lipinski definition) is 3. The summed E-state index contributed by atoms with van der Waals surface area (Å²) in [6.45, 7) is 11.1. The van der Waals surface area contributed by atoms with E-state index < -0.39 is 0 Å². The van der Waals surface area contributed by atoms with Crippen LogP contribution in [-0.2, 0) is 0 Å². The highest BCUT2D eigenvalue weighted by Gasteiger charge is 2.21. The molecule has 0 radical (unpaired) electrons. The minimum Gasteiger partial charge on any atom is -0.489 e. The summed E-state index contributed by atoms with van der Waals surface area (Å²) >= 11 is 0. The second kappa shape index (κ2) is 6.98. The van der Waals surface area contributed by atoms with E-state index in [1.807, 2.05) is 12.1 Å². The second-order valence-electron chi connectivity index (χ2n) is 6.21. The molecule has 3 nitrogen and oxygen atoms in total. The molecule has 0 spiro atoms. The average molecular weight is 276 g/mol. The van der Waals surface area contributed by atoms with Gasteiger partial charge in [-0.2, -0.15) is 0 Å². The molecule has 3 heteroatoms. The van der Waals surface area contributed by atoms with Gasteiger partial charge in [0.15, 0.2) is 0 Å². The first-order valence-electron chi connectivity index (χ1n) is 7.82. The Morgan fingerprint density at radius 1 is 1.10 bits per heavy atom. The number of piperidine rings is 1. The second-order valence-corrected chi connectivity index (χ2v) is 6.21. The molecule has 20 heavy (non-hydrogen) atoms. The van der Waals surface area contributed by atoms with Crippen molar-refractivity contribution in [2.45, 2.75) is 58.7 Å². The molecular weight excluding hydrogens is 248 g/mol. The predicted molar refractivity (Wildman–Crippen MR) is 85.6 cm³/mol. The van der Waals surface area contributed by atoms with Crippen LogP contribution >= 0.6 is 0 Å². The lowest BCUT2D eigenvalue weighted by Gasteiger charge is -2.35. The molecule has 1 aliphatic rings. The molecule has 0 amide bonds. The van der Waals surface area contributed by atoms with Crippen LogP contribution < -0.4 is 10.1 Å². The van der Waals surface area contributed by atoms with Crippen LogP contribution in [0.2, 0.25) is 0 Å². The molecule has 0 saturated carbocycles. The molecule has 1 fully saturated rings. The molecule has 1 heterocycles. The molecule has 1 N–H and O–H groups in total. The van der Waals surface area contributed by atoms with Gasteiger partial charge >= 0.3 is 0 Å². The zero-order chi connectivity index (χ0) is 14.5. The van der Waals surface area contributed by atoms with E-state index in [0.717, 1.165) is 11.4 Å². The van der Waals surface area contributed by atoms with Crippen molar-refractivity contribution in [3.8, 4) is 5.75 Å². The number of para-hydroxylation sites is 2. The van der Waals surface area contributed by atoms with E-state index in [1.165, 1.54) is 25.9 Å². The number of nitrogens with one attached hydrogen (secondary N) is 1. The van der Waals surface area contributed by atoms with Gasteiger partial charge in [0, 0.05) is 25.2 Å². The summed E-state index contributed by atoms with van der Waals surface area (Å²) in [5, 5.41) is 3.66. The zero-order valence-electron chi connectivity index (χ0n) is 13.2. The molecule has 1 aromatic rings. The van der Waals surface area contributed by atoms with Crippen LogP contribution in [0.15, 0.2) is 24.3 Å². The number of rotatable bonds is 5. The summed E-state index contributed by atoms with van der Waals surface area (Å²) < 4.78 is 5.87. The number of ether oxygens (including phenoxy) is 1. The van der Waals surface area contributed by atoms with Gasteiger partial charge in [-0.15, -0.1) is 0 Å². The predicted octanol–water partition coefficient (Wildman–Crippen LogP) is 3.76.